The Morgan fingerprint density at radius 3 is 1.10 bits per heavy atom. The Hall–Kier alpha value is -2.07. The van der Waals surface area contributed by atoms with Gasteiger partial charge in [0, 0.05) is 0 Å². The minimum Gasteiger partial charge on any atom is -0.192 e. The number of nitriles is 1. The quantitative estimate of drug-likeness (QED) is 0.438. The number of nitrogens with zero attached hydrogens (tertiary/aromatic N) is 1. The fraction of sp³-hybridized carbons (Fsp3) is 0.536. The lowest BCUT2D eigenvalue weighted by Gasteiger charge is -2.24. The van der Waals surface area contributed by atoms with Gasteiger partial charge in [0.1, 0.15) is 0 Å². The van der Waals surface area contributed by atoms with Crippen molar-refractivity contribution in [3.8, 4) is 6.07 Å². The molecule has 2 rings (SSSR count). The summed E-state index contributed by atoms with van der Waals surface area (Å²) >= 11 is 0. The molecule has 0 amide bonds. The second-order valence-electron chi connectivity index (χ2n) is 9.87. The van der Waals surface area contributed by atoms with E-state index in [9.17, 15) is 0 Å². The van der Waals surface area contributed by atoms with Crippen LogP contribution >= 0.6 is 0 Å². The molecule has 29 heavy (non-hydrogen) atoms. The van der Waals surface area contributed by atoms with E-state index in [0.29, 0.717) is 0 Å². The van der Waals surface area contributed by atoms with Crippen molar-refractivity contribution in [2.45, 2.75) is 102 Å². The Bertz CT molecular complexity index is 803. The van der Waals surface area contributed by atoms with E-state index in [1.165, 1.54) is 38.9 Å². The predicted molar refractivity (Wildman–Crippen MR) is 132 cm³/mol. The van der Waals surface area contributed by atoms with E-state index in [1.807, 2.05) is 12.1 Å². The standard InChI is InChI=1S/C13H17N.C13H20.2CH4/c1-9-6-11(8-14)7-10(2)12(9)13(3,4)5;1-9-7-10(2)12(11(3)8-9)13(4,5)6;;/h6-7H,1-5H3;7-8H,1-6H3;2*1H4. The van der Waals surface area contributed by atoms with E-state index in [-0.39, 0.29) is 25.7 Å². The molecule has 0 radical (unpaired) electrons. The highest BCUT2D eigenvalue weighted by Crippen LogP contribution is 2.30. The van der Waals surface area contributed by atoms with Crippen LogP contribution in [0, 0.1) is 45.9 Å². The molecule has 0 N–H and O–H groups in total. The Balaban J connectivity index is 0. The molecule has 0 saturated carbocycles. The molecule has 162 valence electrons. The third-order valence-corrected chi connectivity index (χ3v) is 4.84. The number of hydrogen-bond acceptors (Lipinski definition) is 1. The van der Waals surface area contributed by atoms with Gasteiger partial charge < -0.3 is 0 Å². The van der Waals surface area contributed by atoms with Gasteiger partial charge in [-0.15, -0.1) is 0 Å². The summed E-state index contributed by atoms with van der Waals surface area (Å²) in [6, 6.07) is 10.7. The Morgan fingerprint density at radius 1 is 0.586 bits per heavy atom. The van der Waals surface area contributed by atoms with E-state index in [0.717, 1.165) is 5.56 Å². The van der Waals surface area contributed by atoms with Gasteiger partial charge in [-0.2, -0.15) is 5.26 Å². The van der Waals surface area contributed by atoms with Crippen LogP contribution in [-0.4, -0.2) is 0 Å². The molecule has 0 atom stereocenters. The van der Waals surface area contributed by atoms with Crippen molar-refractivity contribution in [1.82, 2.24) is 0 Å². The minimum atomic E-state index is 0. The first-order valence-corrected chi connectivity index (χ1v) is 9.78. The zero-order valence-corrected chi connectivity index (χ0v) is 19.3. The van der Waals surface area contributed by atoms with E-state index in [2.05, 4.69) is 94.4 Å². The Labute approximate surface area is 182 Å². The molecule has 0 spiro atoms. The molecule has 0 fully saturated rings. The van der Waals surface area contributed by atoms with E-state index < -0.39 is 0 Å². The molecule has 1 heteroatoms. The van der Waals surface area contributed by atoms with Crippen LogP contribution in [0.4, 0.5) is 0 Å². The summed E-state index contributed by atoms with van der Waals surface area (Å²) < 4.78 is 0. The summed E-state index contributed by atoms with van der Waals surface area (Å²) in [4.78, 5) is 0. The predicted octanol–water partition coefficient (Wildman–Crippen LogP) is 8.65. The average Bonchev–Trinajstić information content (AvgIpc) is 2.42. The fourth-order valence-electron chi connectivity index (χ4n) is 4.57. The molecule has 2 aromatic carbocycles. The highest BCUT2D eigenvalue weighted by molar-refractivity contribution is 5.45. The van der Waals surface area contributed by atoms with Crippen molar-refractivity contribution in [1.29, 1.82) is 5.26 Å². The van der Waals surface area contributed by atoms with Gasteiger partial charge in [-0.3, -0.25) is 0 Å². The van der Waals surface area contributed by atoms with Crippen LogP contribution in [0.25, 0.3) is 0 Å². The molecular formula is C28H45N. The lowest BCUT2D eigenvalue weighted by Crippen LogP contribution is -2.15. The molecule has 1 nitrogen and oxygen atoms in total. The van der Waals surface area contributed by atoms with Gasteiger partial charge in [0.2, 0.25) is 0 Å². The van der Waals surface area contributed by atoms with E-state index in [4.69, 9.17) is 5.26 Å². The van der Waals surface area contributed by atoms with Crippen molar-refractivity contribution in [2.75, 3.05) is 0 Å². The second-order valence-corrected chi connectivity index (χ2v) is 9.87. The van der Waals surface area contributed by atoms with Gasteiger partial charge >= 0.3 is 0 Å². The van der Waals surface area contributed by atoms with Gasteiger partial charge in [0.15, 0.2) is 0 Å². The normalized spacial score (nSPS) is 10.7. The van der Waals surface area contributed by atoms with Crippen LogP contribution in [0.5, 0.6) is 0 Å². The van der Waals surface area contributed by atoms with E-state index >= 15 is 0 Å². The Morgan fingerprint density at radius 2 is 0.862 bits per heavy atom. The van der Waals surface area contributed by atoms with Crippen LogP contribution in [-0.2, 0) is 10.8 Å². The van der Waals surface area contributed by atoms with Crippen molar-refractivity contribution in [3.05, 3.63) is 68.8 Å². The fourth-order valence-corrected chi connectivity index (χ4v) is 4.57. The van der Waals surface area contributed by atoms with E-state index in [1.54, 1.807) is 0 Å². The molecule has 0 aliphatic carbocycles. The van der Waals surface area contributed by atoms with Crippen molar-refractivity contribution >= 4 is 0 Å². The van der Waals surface area contributed by atoms with Crippen molar-refractivity contribution in [2.24, 2.45) is 0 Å². The lowest BCUT2D eigenvalue weighted by atomic mass is 9.80. The largest absolute Gasteiger partial charge is 0.192 e. The van der Waals surface area contributed by atoms with Gasteiger partial charge in [-0.25, -0.2) is 0 Å². The molecule has 0 aromatic heterocycles. The molecule has 0 aliphatic heterocycles. The topological polar surface area (TPSA) is 23.8 Å². The number of rotatable bonds is 0. The summed E-state index contributed by atoms with van der Waals surface area (Å²) in [5.74, 6) is 0. The Kier molecular flexibility index (Phi) is 10.7. The zero-order valence-electron chi connectivity index (χ0n) is 19.3. The van der Waals surface area contributed by atoms with Crippen LogP contribution < -0.4 is 0 Å². The number of benzene rings is 2. The molecule has 0 unspecified atom stereocenters. The van der Waals surface area contributed by atoms with Crippen molar-refractivity contribution in [3.63, 3.8) is 0 Å². The van der Waals surface area contributed by atoms with Gasteiger partial charge in [0.25, 0.3) is 0 Å². The maximum Gasteiger partial charge on any atom is 0.0991 e. The molecule has 0 aliphatic rings. The lowest BCUT2D eigenvalue weighted by molar-refractivity contribution is 0.581. The van der Waals surface area contributed by atoms with Crippen LogP contribution in [0.15, 0.2) is 24.3 Å². The first-order chi connectivity index (χ1) is 12.2. The van der Waals surface area contributed by atoms with Crippen LogP contribution in [0.1, 0.15) is 101 Å². The summed E-state index contributed by atoms with van der Waals surface area (Å²) in [5.41, 5.74) is 10.7. The molecule has 0 saturated heterocycles. The zero-order chi connectivity index (χ0) is 21.2. The second kappa shape index (κ2) is 10.6. The monoisotopic (exact) mass is 395 g/mol. The smallest absolute Gasteiger partial charge is 0.0991 e. The highest BCUT2D eigenvalue weighted by atomic mass is 14.3. The molecule has 0 bridgehead atoms. The summed E-state index contributed by atoms with van der Waals surface area (Å²) in [6.07, 6.45) is 0. The van der Waals surface area contributed by atoms with Crippen LogP contribution in [0.3, 0.4) is 0 Å². The summed E-state index contributed by atoms with van der Waals surface area (Å²) in [7, 11) is 0. The molecule has 2 aromatic rings. The maximum absolute atomic E-state index is 8.83. The first-order valence-electron chi connectivity index (χ1n) is 9.78. The average molecular weight is 396 g/mol. The summed E-state index contributed by atoms with van der Waals surface area (Å²) in [5, 5.41) is 8.83. The SMILES string of the molecule is C.C.Cc1cc(C#N)cc(C)c1C(C)(C)C.Cc1cc(C)c(C(C)(C)C)c(C)c1. The molecular weight excluding hydrogens is 350 g/mol. The molecule has 0 heterocycles. The number of hydrogen-bond donors (Lipinski definition) is 0. The third-order valence-electron chi connectivity index (χ3n) is 4.84. The van der Waals surface area contributed by atoms with Gasteiger partial charge in [-0.1, -0.05) is 74.1 Å². The van der Waals surface area contributed by atoms with Crippen molar-refractivity contribution < 1.29 is 0 Å². The number of aryl methyl sites for hydroxylation is 5. The van der Waals surface area contributed by atoms with Crippen LogP contribution in [0.2, 0.25) is 0 Å². The highest BCUT2D eigenvalue weighted by Gasteiger charge is 2.19. The first kappa shape index (κ1) is 29.1. The van der Waals surface area contributed by atoms with Gasteiger partial charge in [-0.05, 0) is 91.0 Å². The van der Waals surface area contributed by atoms with Gasteiger partial charge in [0.05, 0.1) is 11.6 Å². The summed E-state index contributed by atoms with van der Waals surface area (Å²) in [6.45, 7) is 24.2. The maximum atomic E-state index is 8.83. The minimum absolute atomic E-state index is 0. The third kappa shape index (κ3) is 7.69.